The molecule has 0 saturated carbocycles. The molecule has 0 radical (unpaired) electrons. The van der Waals surface area contributed by atoms with Crippen molar-refractivity contribution in [3.8, 4) is 28.8 Å². The third kappa shape index (κ3) is 6.20. The number of nitrogens with zero attached hydrogens (tertiary/aromatic N) is 5. The summed E-state index contributed by atoms with van der Waals surface area (Å²) in [5, 5.41) is 14.1. The van der Waals surface area contributed by atoms with Gasteiger partial charge in [0.2, 0.25) is 0 Å². The van der Waals surface area contributed by atoms with Crippen LogP contribution in [-0.2, 0) is 11.3 Å². The summed E-state index contributed by atoms with van der Waals surface area (Å²) < 4.78 is 12.7. The maximum Gasteiger partial charge on any atom is 0.118 e. The smallest absolute Gasteiger partial charge is 0.118 e. The zero-order chi connectivity index (χ0) is 22.9. The molecule has 1 aliphatic heterocycles. The van der Waals surface area contributed by atoms with Gasteiger partial charge in [0.1, 0.15) is 5.75 Å². The van der Waals surface area contributed by atoms with Crippen LogP contribution >= 0.6 is 0 Å². The number of hydrogen-bond acceptors (Lipinski definition) is 6. The molecule has 0 atom stereocenters. The molecule has 1 saturated heterocycles. The second-order valence-corrected chi connectivity index (χ2v) is 8.15. The highest BCUT2D eigenvalue weighted by Gasteiger charge is 2.18. The van der Waals surface area contributed by atoms with Gasteiger partial charge >= 0.3 is 0 Å². The Morgan fingerprint density at radius 2 is 1.82 bits per heavy atom. The van der Waals surface area contributed by atoms with Crippen molar-refractivity contribution in [3.63, 3.8) is 0 Å². The van der Waals surface area contributed by atoms with Gasteiger partial charge in [-0.3, -0.25) is 9.80 Å². The first-order valence-electron chi connectivity index (χ1n) is 11.4. The fraction of sp³-hybridized carbons (Fsp3) is 0.385. The molecule has 0 unspecified atom stereocenters. The monoisotopic (exact) mass is 445 g/mol. The molecule has 0 aliphatic carbocycles. The van der Waals surface area contributed by atoms with E-state index in [1.54, 1.807) is 7.11 Å². The van der Waals surface area contributed by atoms with Gasteiger partial charge in [-0.2, -0.15) is 10.4 Å². The molecule has 33 heavy (non-hydrogen) atoms. The molecule has 0 N–H and O–H groups in total. The first kappa shape index (κ1) is 23.0. The van der Waals surface area contributed by atoms with Gasteiger partial charge in [-0.1, -0.05) is 18.2 Å². The Balaban J connectivity index is 1.59. The lowest BCUT2D eigenvalue weighted by Gasteiger charge is -2.29. The molecule has 4 rings (SSSR count). The number of hydrogen-bond donors (Lipinski definition) is 0. The highest BCUT2D eigenvalue weighted by Crippen LogP contribution is 2.27. The summed E-state index contributed by atoms with van der Waals surface area (Å²) in [6.07, 6.45) is 2.62. The number of rotatable bonds is 10. The maximum atomic E-state index is 9.20. The third-order valence-electron chi connectivity index (χ3n) is 5.94. The summed E-state index contributed by atoms with van der Waals surface area (Å²) >= 11 is 0. The lowest BCUT2D eigenvalue weighted by Crippen LogP contribution is -2.41. The number of para-hydroxylation sites is 1. The van der Waals surface area contributed by atoms with Crippen molar-refractivity contribution >= 4 is 0 Å². The van der Waals surface area contributed by atoms with Crippen LogP contribution in [0.15, 0.2) is 60.8 Å². The molecule has 2 aromatic carbocycles. The number of nitriles is 1. The van der Waals surface area contributed by atoms with Crippen LogP contribution in [0.3, 0.4) is 0 Å². The van der Waals surface area contributed by atoms with Gasteiger partial charge in [-0.15, -0.1) is 0 Å². The van der Waals surface area contributed by atoms with E-state index in [-0.39, 0.29) is 0 Å². The van der Waals surface area contributed by atoms with Gasteiger partial charge in [0.15, 0.2) is 0 Å². The maximum absolute atomic E-state index is 9.20. The van der Waals surface area contributed by atoms with Crippen molar-refractivity contribution in [2.45, 2.75) is 13.0 Å². The second kappa shape index (κ2) is 11.6. The Morgan fingerprint density at radius 1 is 1.06 bits per heavy atom. The SMILES string of the molecule is COc1ccc(-c2nn(-c3ccccc3)cc2CN(CCC#N)CCN2CCOCC2)cc1. The Hall–Kier alpha value is -3.18. The predicted molar refractivity (Wildman–Crippen MR) is 128 cm³/mol. The molecular formula is C26H31N5O2. The first-order valence-corrected chi connectivity index (χ1v) is 11.4. The zero-order valence-electron chi connectivity index (χ0n) is 19.2. The predicted octanol–water partition coefficient (Wildman–Crippen LogP) is 3.60. The Labute approximate surface area is 195 Å². The summed E-state index contributed by atoms with van der Waals surface area (Å²) in [7, 11) is 1.67. The van der Waals surface area contributed by atoms with Crippen molar-refractivity contribution in [1.29, 1.82) is 5.26 Å². The van der Waals surface area contributed by atoms with E-state index in [4.69, 9.17) is 14.6 Å². The average Bonchev–Trinajstić information content (AvgIpc) is 3.30. The molecule has 172 valence electrons. The summed E-state index contributed by atoms with van der Waals surface area (Å²) in [5.74, 6) is 0.823. The molecule has 0 amide bonds. The summed E-state index contributed by atoms with van der Waals surface area (Å²) in [6, 6.07) is 20.5. The zero-order valence-corrected chi connectivity index (χ0v) is 19.2. The summed E-state index contributed by atoms with van der Waals surface area (Å²) in [4.78, 5) is 4.79. The molecule has 0 bridgehead atoms. The topological polar surface area (TPSA) is 66.5 Å². The van der Waals surface area contributed by atoms with E-state index in [2.05, 4.69) is 34.2 Å². The van der Waals surface area contributed by atoms with Crippen LogP contribution in [0.5, 0.6) is 5.75 Å². The lowest BCUT2D eigenvalue weighted by atomic mass is 10.1. The van der Waals surface area contributed by atoms with Crippen molar-refractivity contribution < 1.29 is 9.47 Å². The molecule has 7 heteroatoms. The standard InChI is InChI=1S/C26H31N5O2/c1-32-25-10-8-22(9-11-25)26-23(21-31(28-26)24-6-3-2-4-7-24)20-30(13-5-12-27)15-14-29-16-18-33-19-17-29/h2-4,6-11,21H,5,13-20H2,1H3. The third-order valence-corrected chi connectivity index (χ3v) is 5.94. The van der Waals surface area contributed by atoms with Gasteiger partial charge < -0.3 is 9.47 Å². The van der Waals surface area contributed by atoms with Crippen LogP contribution in [0.1, 0.15) is 12.0 Å². The number of ether oxygens (including phenoxy) is 2. The van der Waals surface area contributed by atoms with Crippen LogP contribution in [-0.4, -0.2) is 72.6 Å². The van der Waals surface area contributed by atoms with E-state index in [1.807, 2.05) is 47.1 Å². The highest BCUT2D eigenvalue weighted by atomic mass is 16.5. The van der Waals surface area contributed by atoms with E-state index < -0.39 is 0 Å². The first-order chi connectivity index (χ1) is 16.3. The van der Waals surface area contributed by atoms with Crippen LogP contribution in [0.25, 0.3) is 16.9 Å². The minimum absolute atomic E-state index is 0.508. The quantitative estimate of drug-likeness (QED) is 0.475. The van der Waals surface area contributed by atoms with E-state index in [0.29, 0.717) is 6.42 Å². The molecule has 2 heterocycles. The van der Waals surface area contributed by atoms with Gasteiger partial charge in [-0.05, 0) is 36.4 Å². The van der Waals surface area contributed by atoms with Crippen LogP contribution in [0, 0.1) is 11.3 Å². The van der Waals surface area contributed by atoms with Crippen molar-refractivity contribution in [2.24, 2.45) is 0 Å². The summed E-state index contributed by atoms with van der Waals surface area (Å²) in [5.41, 5.74) is 4.17. The van der Waals surface area contributed by atoms with E-state index >= 15 is 0 Å². The molecule has 1 aromatic heterocycles. The largest absolute Gasteiger partial charge is 0.497 e. The minimum Gasteiger partial charge on any atom is -0.497 e. The van der Waals surface area contributed by atoms with Gasteiger partial charge in [0.05, 0.1) is 37.8 Å². The molecule has 0 spiro atoms. The second-order valence-electron chi connectivity index (χ2n) is 8.15. The fourth-order valence-corrected chi connectivity index (χ4v) is 4.06. The fourth-order valence-electron chi connectivity index (χ4n) is 4.06. The lowest BCUT2D eigenvalue weighted by molar-refractivity contribution is 0.0330. The molecular weight excluding hydrogens is 414 g/mol. The Bertz CT molecular complexity index is 1040. The Morgan fingerprint density at radius 3 is 2.52 bits per heavy atom. The van der Waals surface area contributed by atoms with Crippen LogP contribution in [0.4, 0.5) is 0 Å². The summed E-state index contributed by atoms with van der Waals surface area (Å²) in [6.45, 7) is 6.87. The molecule has 1 fully saturated rings. The number of morpholine rings is 1. The normalized spacial score (nSPS) is 14.3. The number of benzene rings is 2. The van der Waals surface area contributed by atoms with Crippen molar-refractivity contribution in [1.82, 2.24) is 19.6 Å². The molecule has 1 aliphatic rings. The van der Waals surface area contributed by atoms with E-state index in [9.17, 15) is 5.26 Å². The van der Waals surface area contributed by atoms with Crippen molar-refractivity contribution in [2.75, 3.05) is 53.0 Å². The molecule has 7 nitrogen and oxygen atoms in total. The minimum atomic E-state index is 0.508. The number of methoxy groups -OCH3 is 1. The highest BCUT2D eigenvalue weighted by molar-refractivity contribution is 5.64. The number of aromatic nitrogens is 2. The van der Waals surface area contributed by atoms with E-state index in [1.165, 1.54) is 0 Å². The van der Waals surface area contributed by atoms with Gasteiger partial charge in [0, 0.05) is 63.0 Å². The van der Waals surface area contributed by atoms with Gasteiger partial charge in [-0.25, -0.2) is 4.68 Å². The molecule has 3 aromatic rings. The van der Waals surface area contributed by atoms with Crippen LogP contribution < -0.4 is 4.74 Å². The van der Waals surface area contributed by atoms with E-state index in [0.717, 1.165) is 80.7 Å². The average molecular weight is 446 g/mol. The Kier molecular flexibility index (Phi) is 8.09. The van der Waals surface area contributed by atoms with Gasteiger partial charge in [0.25, 0.3) is 0 Å². The van der Waals surface area contributed by atoms with Crippen LogP contribution in [0.2, 0.25) is 0 Å². The van der Waals surface area contributed by atoms with Crippen molar-refractivity contribution in [3.05, 3.63) is 66.4 Å².